The summed E-state index contributed by atoms with van der Waals surface area (Å²) in [7, 11) is 1.58. The lowest BCUT2D eigenvalue weighted by Gasteiger charge is -2.26. The zero-order chi connectivity index (χ0) is 29.8. The molecule has 1 aliphatic rings. The van der Waals surface area contributed by atoms with Gasteiger partial charge >= 0.3 is 5.97 Å². The summed E-state index contributed by atoms with van der Waals surface area (Å²) in [5.74, 6) is 0.702. The van der Waals surface area contributed by atoms with Gasteiger partial charge in [0.05, 0.1) is 44.5 Å². The van der Waals surface area contributed by atoms with Crippen LogP contribution < -0.4 is 24.4 Å². The van der Waals surface area contributed by atoms with E-state index in [-0.39, 0.29) is 17.7 Å². The molecule has 0 aliphatic carbocycles. The number of carbonyl (C=O) groups excluding carboxylic acids is 1. The maximum absolute atomic E-state index is 14.1. The first-order chi connectivity index (χ1) is 20.4. The zero-order valence-corrected chi connectivity index (χ0v) is 26.8. The van der Waals surface area contributed by atoms with Crippen molar-refractivity contribution in [3.05, 3.63) is 130 Å². The van der Waals surface area contributed by atoms with E-state index in [4.69, 9.17) is 19.2 Å². The molecule has 0 fully saturated rings. The van der Waals surface area contributed by atoms with E-state index in [2.05, 4.69) is 38.4 Å². The molecule has 214 valence electrons. The first-order valence-corrected chi connectivity index (χ1v) is 15.4. The molecule has 0 saturated heterocycles. The third kappa shape index (κ3) is 5.92. The Hall–Kier alpha value is -3.73. The molecule has 0 radical (unpaired) electrons. The van der Waals surface area contributed by atoms with Crippen LogP contribution in [0.1, 0.15) is 29.7 Å². The zero-order valence-electron chi connectivity index (χ0n) is 22.8. The second-order valence-corrected chi connectivity index (χ2v) is 11.8. The molecule has 0 spiro atoms. The van der Waals surface area contributed by atoms with Crippen LogP contribution in [0.3, 0.4) is 0 Å². The van der Waals surface area contributed by atoms with Crippen molar-refractivity contribution in [1.29, 1.82) is 0 Å². The average molecular weight is 710 g/mol. The predicted octanol–water partition coefficient (Wildman–Crippen LogP) is 6.03. The van der Waals surface area contributed by atoms with E-state index < -0.39 is 12.0 Å². The fraction of sp³-hybridized carbons (Fsp3) is 0.156. The van der Waals surface area contributed by atoms with Crippen LogP contribution >= 0.6 is 43.2 Å². The van der Waals surface area contributed by atoms with Gasteiger partial charge in [-0.25, -0.2) is 9.79 Å². The number of thiazole rings is 1. The van der Waals surface area contributed by atoms with Crippen molar-refractivity contribution in [1.82, 2.24) is 4.57 Å². The highest BCUT2D eigenvalue weighted by Gasteiger charge is 2.35. The normalized spacial score (nSPS) is 14.7. The summed E-state index contributed by atoms with van der Waals surface area (Å²) in [6.45, 7) is 5.97. The summed E-state index contributed by atoms with van der Waals surface area (Å²) in [5.41, 5.74) is 2.68. The summed E-state index contributed by atoms with van der Waals surface area (Å²) >= 11 is 8.39. The molecule has 42 heavy (non-hydrogen) atoms. The number of nitrogens with zero attached hydrogens (tertiary/aromatic N) is 2. The molecule has 1 atom stereocenters. The highest BCUT2D eigenvalue weighted by atomic mass is 79.9. The number of fused-ring (bicyclic) bond motifs is 1. The van der Waals surface area contributed by atoms with Gasteiger partial charge in [0.2, 0.25) is 0 Å². The van der Waals surface area contributed by atoms with Gasteiger partial charge in [-0.1, -0.05) is 66.5 Å². The number of rotatable bonds is 9. The molecule has 0 N–H and O–H groups in total. The first kappa shape index (κ1) is 29.8. The van der Waals surface area contributed by atoms with Crippen molar-refractivity contribution in [2.24, 2.45) is 4.99 Å². The van der Waals surface area contributed by atoms with Gasteiger partial charge in [0.25, 0.3) is 5.56 Å². The Morgan fingerprint density at radius 3 is 2.50 bits per heavy atom. The van der Waals surface area contributed by atoms with E-state index in [1.165, 1.54) is 11.3 Å². The number of aromatic nitrogens is 1. The number of hydrogen-bond acceptors (Lipinski definition) is 7. The fourth-order valence-corrected chi connectivity index (χ4v) is 7.11. The number of hydrogen-bond donors (Lipinski definition) is 0. The topological polar surface area (TPSA) is 79.1 Å². The minimum absolute atomic E-state index is 0.177. The Morgan fingerprint density at radius 2 is 1.83 bits per heavy atom. The Morgan fingerprint density at radius 1 is 1.10 bits per heavy atom. The Labute approximate surface area is 263 Å². The maximum Gasteiger partial charge on any atom is 0.338 e. The van der Waals surface area contributed by atoms with E-state index in [0.29, 0.717) is 38.7 Å². The summed E-state index contributed by atoms with van der Waals surface area (Å²) in [4.78, 5) is 33.1. The minimum Gasteiger partial charge on any atom is -0.497 e. The van der Waals surface area contributed by atoms with Crippen LogP contribution in [0.2, 0.25) is 0 Å². The molecule has 0 saturated carbocycles. The Bertz CT molecular complexity index is 1860. The smallest absolute Gasteiger partial charge is 0.338 e. The first-order valence-electron chi connectivity index (χ1n) is 13.0. The van der Waals surface area contributed by atoms with Crippen LogP contribution in [-0.2, 0) is 9.53 Å². The molecule has 1 aromatic heterocycles. The lowest BCUT2D eigenvalue weighted by Crippen LogP contribution is -2.40. The van der Waals surface area contributed by atoms with E-state index in [1.54, 1.807) is 30.8 Å². The lowest BCUT2D eigenvalue weighted by molar-refractivity contribution is -0.138. The largest absolute Gasteiger partial charge is 0.497 e. The van der Waals surface area contributed by atoms with Crippen molar-refractivity contribution in [3.63, 3.8) is 0 Å². The maximum atomic E-state index is 14.1. The fourth-order valence-electron chi connectivity index (χ4n) is 4.66. The quantitative estimate of drug-likeness (QED) is 0.157. The molecule has 5 rings (SSSR count). The molecule has 0 bridgehead atoms. The van der Waals surface area contributed by atoms with Gasteiger partial charge in [0.15, 0.2) is 4.80 Å². The van der Waals surface area contributed by atoms with Crippen molar-refractivity contribution in [2.75, 3.05) is 20.3 Å². The molecule has 3 aromatic carbocycles. The third-order valence-electron chi connectivity index (χ3n) is 6.45. The molecule has 0 amide bonds. The van der Waals surface area contributed by atoms with Crippen molar-refractivity contribution < 1.29 is 19.0 Å². The average Bonchev–Trinajstić information content (AvgIpc) is 3.30. The van der Waals surface area contributed by atoms with E-state index in [0.717, 1.165) is 20.1 Å². The van der Waals surface area contributed by atoms with Gasteiger partial charge in [0.1, 0.15) is 18.1 Å². The molecular weight excluding hydrogens is 684 g/mol. The van der Waals surface area contributed by atoms with Crippen LogP contribution in [0.4, 0.5) is 0 Å². The third-order valence-corrected chi connectivity index (χ3v) is 8.61. The number of carbonyl (C=O) groups is 1. The van der Waals surface area contributed by atoms with Crippen LogP contribution in [0.15, 0.2) is 104 Å². The minimum atomic E-state index is -0.791. The summed E-state index contributed by atoms with van der Waals surface area (Å²) in [5, 5.41) is 0. The van der Waals surface area contributed by atoms with Gasteiger partial charge in [-0.2, -0.15) is 0 Å². The van der Waals surface area contributed by atoms with Gasteiger partial charge in [0, 0.05) is 5.56 Å². The number of esters is 1. The molecule has 0 unspecified atom stereocenters. The molecule has 10 heteroatoms. The number of methoxy groups -OCH3 is 1. The Balaban J connectivity index is 1.77. The van der Waals surface area contributed by atoms with Gasteiger partial charge in [-0.3, -0.25) is 9.36 Å². The van der Waals surface area contributed by atoms with Crippen molar-refractivity contribution >= 4 is 60.9 Å². The lowest BCUT2D eigenvalue weighted by atomic mass is 9.93. The second kappa shape index (κ2) is 13.1. The number of benzene rings is 3. The van der Waals surface area contributed by atoms with Crippen LogP contribution in [0.25, 0.3) is 11.8 Å². The van der Waals surface area contributed by atoms with Gasteiger partial charge in [-0.05, 0) is 80.3 Å². The standard InChI is InChI=1S/C32H26Br2N2O5S/c1-4-14-41-29-23(33)15-19(16-24(29)34)17-25-30(37)36-28(21-12-9-13-22(18-21)39-3)26(31(38)40-5-2)27(35-32(36)42-25)20-10-7-6-8-11-20/h4,6-13,15-18,28H,1,5,14H2,2-3H3/b25-17-/t28-/m1/s1. The van der Waals surface area contributed by atoms with Crippen LogP contribution in [-0.4, -0.2) is 30.9 Å². The summed E-state index contributed by atoms with van der Waals surface area (Å²) in [6.07, 6.45) is 3.47. The highest BCUT2D eigenvalue weighted by Crippen LogP contribution is 2.37. The summed E-state index contributed by atoms with van der Waals surface area (Å²) < 4.78 is 20.2. The molecule has 4 aromatic rings. The van der Waals surface area contributed by atoms with E-state index >= 15 is 0 Å². The van der Waals surface area contributed by atoms with E-state index in [1.807, 2.05) is 66.7 Å². The SMILES string of the molecule is C=CCOc1c(Br)cc(/C=c2\sc3n(c2=O)[C@H](c2cccc(OC)c2)C(C(=O)OCC)=C(c2ccccc2)N=3)cc1Br. The van der Waals surface area contributed by atoms with Gasteiger partial charge < -0.3 is 14.2 Å². The second-order valence-electron chi connectivity index (χ2n) is 9.12. The predicted molar refractivity (Wildman–Crippen MR) is 172 cm³/mol. The van der Waals surface area contributed by atoms with Crippen LogP contribution in [0, 0.1) is 0 Å². The highest BCUT2D eigenvalue weighted by molar-refractivity contribution is 9.11. The van der Waals surface area contributed by atoms with Crippen molar-refractivity contribution in [2.45, 2.75) is 13.0 Å². The van der Waals surface area contributed by atoms with Gasteiger partial charge in [-0.15, -0.1) is 0 Å². The number of ether oxygens (including phenoxy) is 3. The monoisotopic (exact) mass is 708 g/mol. The molecule has 2 heterocycles. The molecule has 1 aliphatic heterocycles. The molecule has 7 nitrogen and oxygen atoms in total. The van der Waals surface area contributed by atoms with Crippen molar-refractivity contribution in [3.8, 4) is 11.5 Å². The Kier molecular flexibility index (Phi) is 9.25. The van der Waals surface area contributed by atoms with E-state index in [9.17, 15) is 9.59 Å². The van der Waals surface area contributed by atoms with Crippen LogP contribution in [0.5, 0.6) is 11.5 Å². The molecular formula is C32H26Br2N2O5S. The summed E-state index contributed by atoms with van der Waals surface area (Å²) in [6, 6.07) is 19.7. The number of halogens is 2.